The highest BCUT2D eigenvalue weighted by atomic mass is 35.5. The molecular weight excluding hydrogens is 288 g/mol. The zero-order chi connectivity index (χ0) is 15.4. The molecule has 2 aromatic rings. The molecule has 0 fully saturated rings. The minimum atomic E-state index is -0.254. The van der Waals surface area contributed by atoms with Gasteiger partial charge in [-0.15, -0.1) is 0 Å². The summed E-state index contributed by atoms with van der Waals surface area (Å²) in [7, 11) is 0. The molecule has 0 radical (unpaired) electrons. The summed E-state index contributed by atoms with van der Waals surface area (Å²) >= 11 is 5.86. The van der Waals surface area contributed by atoms with Gasteiger partial charge < -0.3 is 10.6 Å². The van der Waals surface area contributed by atoms with Gasteiger partial charge in [-0.1, -0.05) is 17.7 Å². The van der Waals surface area contributed by atoms with E-state index in [0.717, 1.165) is 11.4 Å². The summed E-state index contributed by atoms with van der Waals surface area (Å²) < 4.78 is 1.91. The first-order chi connectivity index (χ1) is 9.97. The predicted octanol–water partition coefficient (Wildman–Crippen LogP) is 3.28. The van der Waals surface area contributed by atoms with Crippen molar-refractivity contribution in [1.29, 1.82) is 0 Å². The Kier molecular flexibility index (Phi) is 4.85. The number of urea groups is 1. The largest absolute Gasteiger partial charge is 0.336 e. The van der Waals surface area contributed by atoms with Gasteiger partial charge in [-0.3, -0.25) is 4.68 Å². The number of anilines is 1. The van der Waals surface area contributed by atoms with Crippen molar-refractivity contribution in [2.75, 3.05) is 11.9 Å². The van der Waals surface area contributed by atoms with Crippen LogP contribution in [0.3, 0.4) is 0 Å². The molecule has 1 aromatic carbocycles. The number of halogens is 1. The predicted molar refractivity (Wildman–Crippen MR) is 84.9 cm³/mol. The lowest BCUT2D eigenvalue weighted by Gasteiger charge is -2.09. The number of carbonyl (C=O) groups excluding carboxylic acids is 1. The lowest BCUT2D eigenvalue weighted by molar-refractivity contribution is 0.251. The van der Waals surface area contributed by atoms with Gasteiger partial charge in [-0.25, -0.2) is 4.79 Å². The molecule has 6 heteroatoms. The Morgan fingerprint density at radius 3 is 2.71 bits per heavy atom. The first-order valence-corrected chi connectivity index (χ1v) is 7.16. The number of aryl methyl sites for hydroxylation is 1. The van der Waals surface area contributed by atoms with E-state index in [1.54, 1.807) is 24.3 Å². The number of carbonyl (C=O) groups is 1. The van der Waals surface area contributed by atoms with E-state index < -0.39 is 0 Å². The van der Waals surface area contributed by atoms with Gasteiger partial charge in [0, 0.05) is 22.9 Å². The van der Waals surface area contributed by atoms with E-state index >= 15 is 0 Å². The van der Waals surface area contributed by atoms with Gasteiger partial charge in [0.1, 0.15) is 0 Å². The zero-order valence-electron chi connectivity index (χ0n) is 12.4. The van der Waals surface area contributed by atoms with E-state index in [2.05, 4.69) is 15.7 Å². The molecule has 2 N–H and O–H groups in total. The minimum absolute atomic E-state index is 0.254. The second kappa shape index (κ2) is 6.63. The lowest BCUT2D eigenvalue weighted by atomic mass is 10.2. The highest BCUT2D eigenvalue weighted by molar-refractivity contribution is 6.30. The summed E-state index contributed by atoms with van der Waals surface area (Å²) in [6, 6.07) is 6.78. The average Bonchev–Trinajstić information content (AvgIpc) is 2.66. The second-order valence-electron chi connectivity index (χ2n) is 4.91. The topological polar surface area (TPSA) is 59.0 Å². The fraction of sp³-hybridized carbons (Fsp3) is 0.333. The fourth-order valence-electron chi connectivity index (χ4n) is 2.02. The van der Waals surface area contributed by atoms with Crippen molar-refractivity contribution in [2.24, 2.45) is 0 Å². The number of rotatable bonds is 4. The summed E-state index contributed by atoms with van der Waals surface area (Å²) in [5, 5.41) is 10.6. The van der Waals surface area contributed by atoms with Crippen molar-refractivity contribution in [3.05, 3.63) is 46.2 Å². The van der Waals surface area contributed by atoms with Gasteiger partial charge in [0.2, 0.25) is 0 Å². The molecular formula is C15H19ClN4O. The summed E-state index contributed by atoms with van der Waals surface area (Å²) in [5.74, 6) is 0. The molecule has 1 heterocycles. The Labute approximate surface area is 129 Å². The highest BCUT2D eigenvalue weighted by Crippen LogP contribution is 2.14. The van der Waals surface area contributed by atoms with Crippen LogP contribution < -0.4 is 10.6 Å². The van der Waals surface area contributed by atoms with E-state index in [9.17, 15) is 4.79 Å². The summed E-state index contributed by atoms with van der Waals surface area (Å²) in [6.45, 7) is 7.21. The Balaban J connectivity index is 1.83. The molecule has 0 aliphatic rings. The molecule has 1 aromatic heterocycles. The molecule has 2 amide bonds. The van der Waals surface area contributed by atoms with Gasteiger partial charge in [0.05, 0.1) is 12.2 Å². The molecule has 0 aliphatic carbocycles. The number of amides is 2. The Bertz CT molecular complexity index is 651. The summed E-state index contributed by atoms with van der Waals surface area (Å²) in [4.78, 5) is 11.8. The number of hydrogen-bond donors (Lipinski definition) is 2. The van der Waals surface area contributed by atoms with E-state index in [1.807, 2.05) is 25.5 Å². The van der Waals surface area contributed by atoms with Crippen molar-refractivity contribution >= 4 is 23.3 Å². The van der Waals surface area contributed by atoms with Crippen molar-refractivity contribution in [2.45, 2.75) is 27.3 Å². The Hall–Kier alpha value is -2.01. The van der Waals surface area contributed by atoms with Crippen LogP contribution >= 0.6 is 11.6 Å². The summed E-state index contributed by atoms with van der Waals surface area (Å²) in [6.07, 6.45) is 0. The smallest absolute Gasteiger partial charge is 0.319 e. The van der Waals surface area contributed by atoms with Crippen LogP contribution in [0.1, 0.15) is 17.0 Å². The van der Waals surface area contributed by atoms with Crippen LogP contribution in [0, 0.1) is 20.8 Å². The molecule has 2 rings (SSSR count). The van der Waals surface area contributed by atoms with Crippen LogP contribution in [0.4, 0.5) is 10.5 Å². The Morgan fingerprint density at radius 2 is 2.10 bits per heavy atom. The fourth-order valence-corrected chi connectivity index (χ4v) is 2.21. The van der Waals surface area contributed by atoms with Crippen LogP contribution in [-0.4, -0.2) is 22.4 Å². The minimum Gasteiger partial charge on any atom is -0.336 e. The lowest BCUT2D eigenvalue weighted by Crippen LogP contribution is -2.31. The number of nitrogens with zero attached hydrogens (tertiary/aromatic N) is 2. The maximum Gasteiger partial charge on any atom is 0.319 e. The van der Waals surface area contributed by atoms with E-state index in [4.69, 9.17) is 11.6 Å². The third-order valence-corrected chi connectivity index (χ3v) is 3.67. The van der Waals surface area contributed by atoms with Crippen LogP contribution in [0.15, 0.2) is 24.3 Å². The van der Waals surface area contributed by atoms with Crippen molar-refractivity contribution in [1.82, 2.24) is 15.1 Å². The highest BCUT2D eigenvalue weighted by Gasteiger charge is 2.07. The maximum atomic E-state index is 11.8. The van der Waals surface area contributed by atoms with E-state index in [-0.39, 0.29) is 6.03 Å². The molecule has 0 spiro atoms. The van der Waals surface area contributed by atoms with Gasteiger partial charge >= 0.3 is 6.03 Å². The van der Waals surface area contributed by atoms with Crippen LogP contribution in [0.25, 0.3) is 0 Å². The van der Waals surface area contributed by atoms with E-state index in [0.29, 0.717) is 23.8 Å². The van der Waals surface area contributed by atoms with Crippen molar-refractivity contribution in [3.63, 3.8) is 0 Å². The second-order valence-corrected chi connectivity index (χ2v) is 5.35. The van der Waals surface area contributed by atoms with E-state index in [1.165, 1.54) is 5.56 Å². The molecule has 0 saturated heterocycles. The van der Waals surface area contributed by atoms with Crippen molar-refractivity contribution < 1.29 is 4.79 Å². The molecule has 0 aliphatic heterocycles. The summed E-state index contributed by atoms with van der Waals surface area (Å²) in [5.41, 5.74) is 4.01. The molecule has 0 saturated carbocycles. The molecule has 21 heavy (non-hydrogen) atoms. The number of benzene rings is 1. The molecule has 112 valence electrons. The SMILES string of the molecule is Cc1nn(CCNC(=O)Nc2cccc(Cl)c2)c(C)c1C. The van der Waals surface area contributed by atoms with Crippen LogP contribution in [0.5, 0.6) is 0 Å². The quantitative estimate of drug-likeness (QED) is 0.910. The number of aromatic nitrogens is 2. The molecule has 0 bridgehead atoms. The normalized spacial score (nSPS) is 10.5. The number of nitrogens with one attached hydrogen (secondary N) is 2. The zero-order valence-corrected chi connectivity index (χ0v) is 13.2. The van der Waals surface area contributed by atoms with Crippen molar-refractivity contribution in [3.8, 4) is 0 Å². The monoisotopic (exact) mass is 306 g/mol. The van der Waals surface area contributed by atoms with Crippen LogP contribution in [0.2, 0.25) is 5.02 Å². The molecule has 0 atom stereocenters. The number of hydrogen-bond acceptors (Lipinski definition) is 2. The Morgan fingerprint density at radius 1 is 1.33 bits per heavy atom. The van der Waals surface area contributed by atoms with Gasteiger partial charge in [-0.05, 0) is 44.5 Å². The average molecular weight is 307 g/mol. The molecule has 5 nitrogen and oxygen atoms in total. The first kappa shape index (κ1) is 15.4. The van der Waals surface area contributed by atoms with Gasteiger partial charge in [-0.2, -0.15) is 5.10 Å². The standard InChI is InChI=1S/C15H19ClN4O/c1-10-11(2)19-20(12(10)3)8-7-17-15(21)18-14-6-4-5-13(16)9-14/h4-6,9H,7-8H2,1-3H3,(H2,17,18,21). The maximum absolute atomic E-state index is 11.8. The third-order valence-electron chi connectivity index (χ3n) is 3.43. The van der Waals surface area contributed by atoms with Crippen LogP contribution in [-0.2, 0) is 6.54 Å². The molecule has 0 unspecified atom stereocenters. The van der Waals surface area contributed by atoms with Gasteiger partial charge in [0.25, 0.3) is 0 Å². The third kappa shape index (κ3) is 3.98. The first-order valence-electron chi connectivity index (χ1n) is 6.78. The van der Waals surface area contributed by atoms with Gasteiger partial charge in [0.15, 0.2) is 0 Å².